The molecule has 1 atom stereocenters. The van der Waals surface area contributed by atoms with E-state index in [9.17, 15) is 26.5 Å². The lowest BCUT2D eigenvalue weighted by atomic mass is 10.0. The first-order valence-corrected chi connectivity index (χ1v) is 12.7. The number of hydrogen-bond acceptors (Lipinski definition) is 4. The van der Waals surface area contributed by atoms with Crippen molar-refractivity contribution in [1.82, 2.24) is 0 Å². The Bertz CT molecular complexity index is 1160. The minimum Gasteiger partial charge on any atom is -0.305 e. The summed E-state index contributed by atoms with van der Waals surface area (Å²) in [5.41, 5.74) is -2.14. The Labute approximate surface area is 193 Å². The maximum absolute atomic E-state index is 14.3. The number of fused-ring (bicyclic) bond motifs is 1. The summed E-state index contributed by atoms with van der Waals surface area (Å²) in [5, 5.41) is -0.0269. The van der Waals surface area contributed by atoms with E-state index in [-0.39, 0.29) is 22.2 Å². The first-order valence-electron chi connectivity index (χ1n) is 10.3. The van der Waals surface area contributed by atoms with Crippen LogP contribution in [0.4, 0.5) is 22.0 Å². The van der Waals surface area contributed by atoms with Crippen LogP contribution < -0.4 is 0 Å². The van der Waals surface area contributed by atoms with E-state index in [4.69, 9.17) is 9.05 Å². The Morgan fingerprint density at radius 2 is 1.55 bits per heavy atom. The quantitative estimate of drug-likeness (QED) is 0.227. The van der Waals surface area contributed by atoms with E-state index in [1.54, 1.807) is 39.8 Å². The summed E-state index contributed by atoms with van der Waals surface area (Å²) >= 11 is 0.846. The van der Waals surface area contributed by atoms with Crippen LogP contribution in [0.25, 0.3) is 10.1 Å². The van der Waals surface area contributed by atoms with Crippen LogP contribution in [-0.2, 0) is 26.2 Å². The Hall–Kier alpha value is -1.80. The number of thiophene rings is 1. The highest BCUT2D eigenvalue weighted by molar-refractivity contribution is 7.54. The van der Waals surface area contributed by atoms with E-state index in [0.29, 0.717) is 4.70 Å². The van der Waals surface area contributed by atoms with Gasteiger partial charge in [0.1, 0.15) is 5.66 Å². The molecule has 0 radical (unpaired) electrons. The molecular formula is C23H24F5O3PS. The first kappa shape index (κ1) is 25.8. The molecule has 0 fully saturated rings. The van der Waals surface area contributed by atoms with E-state index in [1.165, 1.54) is 18.2 Å². The third-order valence-electron chi connectivity index (χ3n) is 4.72. The first-order chi connectivity index (χ1) is 15.3. The van der Waals surface area contributed by atoms with Crippen molar-refractivity contribution in [3.63, 3.8) is 0 Å². The fourth-order valence-electron chi connectivity index (χ4n) is 3.59. The summed E-state index contributed by atoms with van der Waals surface area (Å²) in [7, 11) is -4.21. The van der Waals surface area contributed by atoms with E-state index in [2.05, 4.69) is 0 Å². The second-order valence-corrected chi connectivity index (χ2v) is 11.4. The maximum atomic E-state index is 14.3. The fraction of sp³-hybridized carbons (Fsp3) is 0.391. The van der Waals surface area contributed by atoms with Gasteiger partial charge in [-0.3, -0.25) is 4.57 Å². The molecule has 0 saturated heterocycles. The van der Waals surface area contributed by atoms with Gasteiger partial charge in [0.2, 0.25) is 0 Å². The van der Waals surface area contributed by atoms with Crippen LogP contribution in [0.1, 0.15) is 49.4 Å². The third kappa shape index (κ3) is 5.83. The maximum Gasteiger partial charge on any atom is 0.418 e. The van der Waals surface area contributed by atoms with Crippen molar-refractivity contribution in [2.45, 2.75) is 58.2 Å². The minimum atomic E-state index is -4.75. The van der Waals surface area contributed by atoms with E-state index >= 15 is 0 Å². The number of halogens is 5. The van der Waals surface area contributed by atoms with Crippen LogP contribution in [0.15, 0.2) is 42.5 Å². The second-order valence-electron chi connectivity index (χ2n) is 8.15. The molecule has 0 bridgehead atoms. The normalized spacial score (nSPS) is 13.9. The minimum absolute atomic E-state index is 0.0269. The van der Waals surface area contributed by atoms with Crippen molar-refractivity contribution in [3.05, 3.63) is 70.1 Å². The van der Waals surface area contributed by atoms with Gasteiger partial charge in [-0.05, 0) is 57.9 Å². The van der Waals surface area contributed by atoms with E-state index in [1.807, 2.05) is 0 Å². The Kier molecular flexibility index (Phi) is 7.68. The van der Waals surface area contributed by atoms with E-state index < -0.39 is 48.8 Å². The molecule has 33 heavy (non-hydrogen) atoms. The average molecular weight is 506 g/mol. The topological polar surface area (TPSA) is 35.5 Å². The molecule has 1 heterocycles. The van der Waals surface area contributed by atoms with Crippen molar-refractivity contribution in [2.24, 2.45) is 0 Å². The number of alkyl halides is 3. The predicted octanol–water partition coefficient (Wildman–Crippen LogP) is 8.53. The van der Waals surface area contributed by atoms with Gasteiger partial charge in [-0.15, -0.1) is 11.3 Å². The van der Waals surface area contributed by atoms with Gasteiger partial charge < -0.3 is 9.05 Å². The van der Waals surface area contributed by atoms with Crippen molar-refractivity contribution < 1.29 is 35.6 Å². The summed E-state index contributed by atoms with van der Waals surface area (Å²) in [6.07, 6.45) is -6.29. The van der Waals surface area contributed by atoms with E-state index in [0.717, 1.165) is 23.5 Å². The van der Waals surface area contributed by atoms with Crippen molar-refractivity contribution in [1.29, 1.82) is 0 Å². The molecule has 0 saturated carbocycles. The molecule has 180 valence electrons. The Morgan fingerprint density at radius 1 is 0.939 bits per heavy atom. The highest BCUT2D eigenvalue weighted by Gasteiger charge is 2.46. The molecule has 3 nitrogen and oxygen atoms in total. The molecule has 1 unspecified atom stereocenters. The van der Waals surface area contributed by atoms with Crippen LogP contribution in [-0.4, -0.2) is 12.2 Å². The van der Waals surface area contributed by atoms with Gasteiger partial charge in [0.25, 0.3) is 0 Å². The lowest BCUT2D eigenvalue weighted by molar-refractivity contribution is -0.136. The number of benzene rings is 2. The molecule has 2 aromatic carbocycles. The molecule has 0 N–H and O–H groups in total. The fourth-order valence-corrected chi connectivity index (χ4v) is 7.71. The zero-order valence-electron chi connectivity index (χ0n) is 18.5. The van der Waals surface area contributed by atoms with Crippen LogP contribution in [0.3, 0.4) is 0 Å². The molecule has 0 aliphatic rings. The van der Waals surface area contributed by atoms with Crippen LogP contribution >= 0.6 is 18.9 Å². The lowest BCUT2D eigenvalue weighted by Crippen LogP contribution is -2.17. The molecule has 10 heteroatoms. The average Bonchev–Trinajstić information content (AvgIpc) is 3.06. The SMILES string of the molecule is CC(C)OP(=O)(OC(C)C)C(Cc1ccc(F)c(F)c1)c1sc2ccccc2c1C(F)(F)F. The van der Waals surface area contributed by atoms with Crippen molar-refractivity contribution in [2.75, 3.05) is 0 Å². The van der Waals surface area contributed by atoms with Crippen LogP contribution in [0.2, 0.25) is 0 Å². The zero-order chi connectivity index (χ0) is 24.6. The van der Waals surface area contributed by atoms with Crippen molar-refractivity contribution >= 4 is 29.0 Å². The van der Waals surface area contributed by atoms with Crippen LogP contribution in [0.5, 0.6) is 0 Å². The summed E-state index contributed by atoms with van der Waals surface area (Å²) in [5.74, 6) is -2.24. The Balaban J connectivity index is 2.28. The van der Waals surface area contributed by atoms with Gasteiger partial charge in [0.15, 0.2) is 11.6 Å². The van der Waals surface area contributed by atoms with Gasteiger partial charge in [-0.1, -0.05) is 24.3 Å². The molecule has 0 spiro atoms. The molecular weight excluding hydrogens is 482 g/mol. The van der Waals surface area contributed by atoms with Gasteiger partial charge in [-0.25, -0.2) is 8.78 Å². The monoisotopic (exact) mass is 506 g/mol. The molecule has 3 aromatic rings. The lowest BCUT2D eigenvalue weighted by Gasteiger charge is -2.30. The molecule has 0 aliphatic carbocycles. The Morgan fingerprint density at radius 3 is 2.09 bits per heavy atom. The third-order valence-corrected chi connectivity index (χ3v) is 8.81. The highest BCUT2D eigenvalue weighted by atomic mass is 32.1. The molecule has 3 rings (SSSR count). The summed E-state index contributed by atoms with van der Waals surface area (Å²) in [6.45, 7) is 6.39. The number of rotatable bonds is 8. The smallest absolute Gasteiger partial charge is 0.305 e. The molecule has 0 amide bonds. The van der Waals surface area contributed by atoms with Crippen molar-refractivity contribution in [3.8, 4) is 0 Å². The molecule has 0 aliphatic heterocycles. The van der Waals surface area contributed by atoms with Gasteiger partial charge >= 0.3 is 13.8 Å². The second kappa shape index (κ2) is 9.82. The van der Waals surface area contributed by atoms with Gasteiger partial charge in [0, 0.05) is 15.0 Å². The summed E-state index contributed by atoms with van der Waals surface area (Å²) in [4.78, 5) is -0.224. The largest absolute Gasteiger partial charge is 0.418 e. The summed E-state index contributed by atoms with van der Waals surface area (Å²) < 4.78 is 95.9. The summed E-state index contributed by atoms with van der Waals surface area (Å²) in [6, 6.07) is 9.03. The predicted molar refractivity (Wildman–Crippen MR) is 120 cm³/mol. The highest BCUT2D eigenvalue weighted by Crippen LogP contribution is 2.66. The van der Waals surface area contributed by atoms with Gasteiger partial charge in [-0.2, -0.15) is 13.2 Å². The standard InChI is InChI=1S/C23H24F5O3PS/c1-13(2)30-32(29,31-14(3)4)19(12-15-9-10-17(24)18(25)11-15)22-21(23(26,27)28)16-7-5-6-8-20(16)33-22/h5-11,13-14,19H,12H2,1-4H3. The van der Waals surface area contributed by atoms with Crippen LogP contribution in [0, 0.1) is 11.6 Å². The number of hydrogen-bond donors (Lipinski definition) is 0. The van der Waals surface area contributed by atoms with Gasteiger partial charge in [0.05, 0.1) is 17.8 Å². The zero-order valence-corrected chi connectivity index (χ0v) is 20.2. The molecule has 1 aromatic heterocycles.